The lowest BCUT2D eigenvalue weighted by atomic mass is 10.1. The minimum Gasteiger partial charge on any atom is -0.339 e. The van der Waals surface area contributed by atoms with E-state index in [0.717, 1.165) is 12.8 Å². The summed E-state index contributed by atoms with van der Waals surface area (Å²) >= 11 is 0. The van der Waals surface area contributed by atoms with Crippen molar-refractivity contribution >= 4 is 17.7 Å². The molecule has 0 heterocycles. The Morgan fingerprint density at radius 2 is 2.05 bits per heavy atom. The number of benzene rings is 1. The molecule has 0 N–H and O–H groups in total. The van der Waals surface area contributed by atoms with Crippen LogP contribution in [0.15, 0.2) is 30.3 Å². The van der Waals surface area contributed by atoms with E-state index in [1.807, 2.05) is 6.92 Å². The molecule has 1 rings (SSSR count). The number of nitro groups is 1. The maximum absolute atomic E-state index is 12.0. The molecular weight excluding hydrogens is 256 g/mol. The van der Waals surface area contributed by atoms with Gasteiger partial charge in [0.15, 0.2) is 0 Å². The van der Waals surface area contributed by atoms with E-state index in [9.17, 15) is 14.9 Å². The molecule has 1 aromatic carbocycles. The van der Waals surface area contributed by atoms with Crippen LogP contribution >= 0.6 is 0 Å². The normalized spacial score (nSPS) is 10.7. The summed E-state index contributed by atoms with van der Waals surface area (Å²) in [6, 6.07) is 6.38. The Hall–Kier alpha value is -2.17. The van der Waals surface area contributed by atoms with E-state index in [-0.39, 0.29) is 11.6 Å². The van der Waals surface area contributed by atoms with Gasteiger partial charge >= 0.3 is 0 Å². The number of amides is 1. The Morgan fingerprint density at radius 1 is 1.35 bits per heavy atom. The number of hydrogen-bond donors (Lipinski definition) is 0. The predicted molar refractivity (Wildman–Crippen MR) is 79.3 cm³/mol. The summed E-state index contributed by atoms with van der Waals surface area (Å²) in [5.74, 6) is -0.112. The van der Waals surface area contributed by atoms with Crippen molar-refractivity contribution in [1.82, 2.24) is 4.90 Å². The van der Waals surface area contributed by atoms with E-state index in [2.05, 4.69) is 6.92 Å². The number of nitro benzene ring substituents is 1. The van der Waals surface area contributed by atoms with Crippen LogP contribution in [0.4, 0.5) is 5.69 Å². The van der Waals surface area contributed by atoms with E-state index < -0.39 is 4.92 Å². The molecule has 20 heavy (non-hydrogen) atoms. The number of hydrogen-bond acceptors (Lipinski definition) is 3. The Morgan fingerprint density at radius 3 is 2.65 bits per heavy atom. The molecule has 0 aliphatic rings. The van der Waals surface area contributed by atoms with Gasteiger partial charge in [-0.3, -0.25) is 14.9 Å². The smallest absolute Gasteiger partial charge is 0.276 e. The van der Waals surface area contributed by atoms with Gasteiger partial charge in [-0.05, 0) is 25.5 Å². The molecule has 0 radical (unpaired) electrons. The number of para-hydroxylation sites is 1. The van der Waals surface area contributed by atoms with E-state index in [1.54, 1.807) is 23.1 Å². The van der Waals surface area contributed by atoms with Gasteiger partial charge in [0.2, 0.25) is 5.91 Å². The Labute approximate surface area is 119 Å². The van der Waals surface area contributed by atoms with Crippen molar-refractivity contribution in [3.05, 3.63) is 46.0 Å². The van der Waals surface area contributed by atoms with E-state index in [0.29, 0.717) is 18.7 Å². The van der Waals surface area contributed by atoms with Crippen molar-refractivity contribution in [1.29, 1.82) is 0 Å². The highest BCUT2D eigenvalue weighted by Gasteiger charge is 2.11. The fraction of sp³-hybridized carbons (Fsp3) is 0.400. The maximum Gasteiger partial charge on any atom is 0.276 e. The summed E-state index contributed by atoms with van der Waals surface area (Å²) in [6.07, 6.45) is 4.90. The second-order valence-corrected chi connectivity index (χ2v) is 4.42. The standard InChI is InChI=1S/C15H20N2O3/c1-3-5-12-16(4-2)15(18)11-10-13-8-6-7-9-14(13)17(19)20/h6-11H,3-5,12H2,1-2H3. The second kappa shape index (κ2) is 8.09. The summed E-state index contributed by atoms with van der Waals surface area (Å²) in [5, 5.41) is 10.9. The first-order chi connectivity index (χ1) is 9.60. The molecule has 0 atom stereocenters. The summed E-state index contributed by atoms with van der Waals surface area (Å²) < 4.78 is 0. The van der Waals surface area contributed by atoms with E-state index in [4.69, 9.17) is 0 Å². The maximum atomic E-state index is 12.0. The lowest BCUT2D eigenvalue weighted by Crippen LogP contribution is -2.30. The zero-order chi connectivity index (χ0) is 15.0. The highest BCUT2D eigenvalue weighted by Crippen LogP contribution is 2.19. The predicted octanol–water partition coefficient (Wildman–Crippen LogP) is 3.26. The fourth-order valence-corrected chi connectivity index (χ4v) is 1.83. The van der Waals surface area contributed by atoms with Crippen LogP contribution in [0.1, 0.15) is 32.3 Å². The van der Waals surface area contributed by atoms with Crippen molar-refractivity contribution in [3.63, 3.8) is 0 Å². The van der Waals surface area contributed by atoms with Crippen molar-refractivity contribution < 1.29 is 9.72 Å². The van der Waals surface area contributed by atoms with Crippen molar-refractivity contribution in [2.75, 3.05) is 13.1 Å². The van der Waals surface area contributed by atoms with Crippen LogP contribution in [-0.2, 0) is 4.79 Å². The molecule has 0 aromatic heterocycles. The third-order valence-corrected chi connectivity index (χ3v) is 3.01. The average molecular weight is 276 g/mol. The van der Waals surface area contributed by atoms with Crippen molar-refractivity contribution in [2.24, 2.45) is 0 Å². The first-order valence-corrected chi connectivity index (χ1v) is 6.80. The number of unbranched alkanes of at least 4 members (excludes halogenated alkanes) is 1. The molecule has 1 amide bonds. The monoisotopic (exact) mass is 276 g/mol. The quantitative estimate of drug-likeness (QED) is 0.436. The van der Waals surface area contributed by atoms with Crippen molar-refractivity contribution in [2.45, 2.75) is 26.7 Å². The number of rotatable bonds is 7. The Balaban J connectivity index is 2.81. The van der Waals surface area contributed by atoms with Gasteiger partial charge < -0.3 is 4.90 Å². The van der Waals surface area contributed by atoms with Gasteiger partial charge in [0.1, 0.15) is 0 Å². The van der Waals surface area contributed by atoms with Gasteiger partial charge in [0.25, 0.3) is 5.69 Å². The highest BCUT2D eigenvalue weighted by molar-refractivity contribution is 5.92. The van der Waals surface area contributed by atoms with Crippen LogP contribution in [0.25, 0.3) is 6.08 Å². The van der Waals surface area contributed by atoms with Gasteiger partial charge in [-0.1, -0.05) is 25.5 Å². The lowest BCUT2D eigenvalue weighted by Gasteiger charge is -2.18. The zero-order valence-electron chi connectivity index (χ0n) is 11.9. The van der Waals surface area contributed by atoms with Crippen LogP contribution in [0, 0.1) is 10.1 Å². The van der Waals surface area contributed by atoms with Crippen molar-refractivity contribution in [3.8, 4) is 0 Å². The first-order valence-electron chi connectivity index (χ1n) is 6.80. The van der Waals surface area contributed by atoms with E-state index in [1.165, 1.54) is 18.2 Å². The minimum absolute atomic E-state index is 0.00755. The summed E-state index contributed by atoms with van der Waals surface area (Å²) in [7, 11) is 0. The lowest BCUT2D eigenvalue weighted by molar-refractivity contribution is -0.385. The number of carbonyl (C=O) groups excluding carboxylic acids is 1. The summed E-state index contributed by atoms with van der Waals surface area (Å²) in [4.78, 5) is 24.2. The molecule has 0 unspecified atom stereocenters. The third-order valence-electron chi connectivity index (χ3n) is 3.01. The van der Waals surface area contributed by atoms with E-state index >= 15 is 0 Å². The number of nitrogens with zero attached hydrogens (tertiary/aromatic N) is 2. The fourth-order valence-electron chi connectivity index (χ4n) is 1.83. The minimum atomic E-state index is -0.446. The largest absolute Gasteiger partial charge is 0.339 e. The molecule has 5 nitrogen and oxygen atoms in total. The average Bonchev–Trinajstić information content (AvgIpc) is 2.46. The summed E-state index contributed by atoms with van der Waals surface area (Å²) in [5.41, 5.74) is 0.450. The van der Waals surface area contributed by atoms with Gasteiger partial charge in [0.05, 0.1) is 10.5 Å². The first kappa shape index (κ1) is 15.9. The van der Waals surface area contributed by atoms with Gasteiger partial charge in [-0.25, -0.2) is 0 Å². The van der Waals surface area contributed by atoms with Crippen LogP contribution in [0.5, 0.6) is 0 Å². The molecule has 0 aliphatic heterocycles. The molecule has 0 saturated heterocycles. The molecule has 0 fully saturated rings. The molecule has 1 aromatic rings. The molecule has 0 spiro atoms. The Kier molecular flexibility index (Phi) is 6.43. The van der Waals surface area contributed by atoms with Gasteiger partial charge in [-0.2, -0.15) is 0 Å². The number of carbonyl (C=O) groups is 1. The molecule has 0 saturated carbocycles. The van der Waals surface area contributed by atoms with Crippen LogP contribution < -0.4 is 0 Å². The second-order valence-electron chi connectivity index (χ2n) is 4.42. The molecular formula is C15H20N2O3. The summed E-state index contributed by atoms with van der Waals surface area (Å²) in [6.45, 7) is 5.35. The third kappa shape index (κ3) is 4.50. The van der Waals surface area contributed by atoms with Crippen LogP contribution in [-0.4, -0.2) is 28.8 Å². The van der Waals surface area contributed by atoms with Crippen LogP contribution in [0.2, 0.25) is 0 Å². The van der Waals surface area contributed by atoms with Crippen LogP contribution in [0.3, 0.4) is 0 Å². The topological polar surface area (TPSA) is 63.5 Å². The molecule has 0 aliphatic carbocycles. The Bertz CT molecular complexity index is 498. The molecule has 108 valence electrons. The zero-order valence-corrected chi connectivity index (χ0v) is 11.9. The number of likely N-dealkylation sites (N-methyl/N-ethyl adjacent to an activating group) is 1. The molecule has 5 heteroatoms. The highest BCUT2D eigenvalue weighted by atomic mass is 16.6. The van der Waals surface area contributed by atoms with Gasteiger partial charge in [-0.15, -0.1) is 0 Å². The molecule has 0 bridgehead atoms. The van der Waals surface area contributed by atoms with Gasteiger partial charge in [0, 0.05) is 25.2 Å². The SMILES string of the molecule is CCCCN(CC)C(=O)C=Cc1ccccc1[N+](=O)[O-].